The van der Waals surface area contributed by atoms with Crippen molar-refractivity contribution in [2.24, 2.45) is 7.05 Å². The number of carbonyl (C=O) groups is 3. The van der Waals surface area contributed by atoms with Crippen LogP contribution in [-0.2, 0) is 11.8 Å². The monoisotopic (exact) mass is 418 g/mol. The maximum atomic E-state index is 13.4. The van der Waals surface area contributed by atoms with E-state index in [0.717, 1.165) is 0 Å². The molecule has 0 saturated carbocycles. The molecule has 1 unspecified atom stereocenters. The van der Waals surface area contributed by atoms with E-state index in [9.17, 15) is 14.4 Å². The predicted molar refractivity (Wildman–Crippen MR) is 113 cm³/mol. The summed E-state index contributed by atoms with van der Waals surface area (Å²) in [6.45, 7) is 7.55. The Morgan fingerprint density at radius 1 is 1.21 bits per heavy atom. The number of methoxy groups -OCH3 is 1. The molecular weight excluding hydrogens is 392 g/mol. The molecule has 1 amide bonds. The summed E-state index contributed by atoms with van der Waals surface area (Å²) < 4.78 is 6.51. The van der Waals surface area contributed by atoms with Crippen molar-refractivity contribution in [1.82, 2.24) is 9.47 Å². The van der Waals surface area contributed by atoms with Crippen LogP contribution in [-0.4, -0.2) is 46.8 Å². The minimum atomic E-state index is -0.719. The van der Waals surface area contributed by atoms with Crippen LogP contribution in [0.1, 0.15) is 62.7 Å². The first-order chi connectivity index (χ1) is 13.7. The SMILES string of the molecule is CCCN(C(=O)c1ccccc1Cl)C(C)C(=O)c1c(C)c(C(=O)OC)n(C)c1C. The van der Waals surface area contributed by atoms with Gasteiger partial charge in [-0.1, -0.05) is 30.7 Å². The highest BCUT2D eigenvalue weighted by molar-refractivity contribution is 6.33. The van der Waals surface area contributed by atoms with Gasteiger partial charge in [-0.25, -0.2) is 4.79 Å². The maximum absolute atomic E-state index is 13.4. The van der Waals surface area contributed by atoms with Gasteiger partial charge in [0.25, 0.3) is 5.91 Å². The number of hydrogen-bond acceptors (Lipinski definition) is 4. The number of nitrogens with zero attached hydrogens (tertiary/aromatic N) is 2. The van der Waals surface area contributed by atoms with Gasteiger partial charge < -0.3 is 14.2 Å². The lowest BCUT2D eigenvalue weighted by atomic mass is 9.99. The van der Waals surface area contributed by atoms with Gasteiger partial charge >= 0.3 is 5.97 Å². The number of aromatic nitrogens is 1. The lowest BCUT2D eigenvalue weighted by Gasteiger charge is -2.28. The molecule has 0 aliphatic carbocycles. The Balaban J connectivity index is 2.47. The van der Waals surface area contributed by atoms with E-state index in [-0.39, 0.29) is 11.7 Å². The van der Waals surface area contributed by atoms with Crippen molar-refractivity contribution in [3.8, 4) is 0 Å². The quantitative estimate of drug-likeness (QED) is 0.499. The summed E-state index contributed by atoms with van der Waals surface area (Å²) in [5.41, 5.74) is 2.34. The Bertz CT molecular complexity index is 949. The largest absolute Gasteiger partial charge is 0.464 e. The van der Waals surface area contributed by atoms with E-state index in [1.54, 1.807) is 56.7 Å². The Morgan fingerprint density at radius 3 is 2.38 bits per heavy atom. The second kappa shape index (κ2) is 9.27. The van der Waals surface area contributed by atoms with Gasteiger partial charge in [0.15, 0.2) is 5.78 Å². The van der Waals surface area contributed by atoms with Crippen LogP contribution in [0.2, 0.25) is 5.02 Å². The van der Waals surface area contributed by atoms with Crippen molar-refractivity contribution in [1.29, 1.82) is 0 Å². The summed E-state index contributed by atoms with van der Waals surface area (Å²) in [4.78, 5) is 40.2. The van der Waals surface area contributed by atoms with Crippen LogP contribution in [0, 0.1) is 13.8 Å². The van der Waals surface area contributed by atoms with Crippen LogP contribution >= 0.6 is 11.6 Å². The van der Waals surface area contributed by atoms with Crippen LogP contribution in [0.3, 0.4) is 0 Å². The number of benzene rings is 1. The third kappa shape index (κ3) is 4.22. The fraction of sp³-hybridized carbons (Fsp3) is 0.409. The molecule has 1 aromatic heterocycles. The smallest absolute Gasteiger partial charge is 0.354 e. The summed E-state index contributed by atoms with van der Waals surface area (Å²) in [5.74, 6) is -1.02. The van der Waals surface area contributed by atoms with Crippen LogP contribution < -0.4 is 0 Å². The molecule has 6 nitrogen and oxygen atoms in total. The Hall–Kier alpha value is -2.60. The standard InChI is InChI=1S/C22H27ClN2O4/c1-7-12-25(21(27)16-10-8-9-11-17(16)23)15(4)20(26)18-13(2)19(22(28)29-6)24(5)14(18)3/h8-11,15H,7,12H2,1-6H3. The van der Waals surface area contributed by atoms with Crippen molar-refractivity contribution < 1.29 is 19.1 Å². The highest BCUT2D eigenvalue weighted by atomic mass is 35.5. The first-order valence-electron chi connectivity index (χ1n) is 9.51. The number of hydrogen-bond donors (Lipinski definition) is 0. The lowest BCUT2D eigenvalue weighted by Crippen LogP contribution is -2.44. The third-order valence-electron chi connectivity index (χ3n) is 5.23. The lowest BCUT2D eigenvalue weighted by molar-refractivity contribution is 0.0588. The second-order valence-electron chi connectivity index (χ2n) is 7.00. The zero-order valence-corrected chi connectivity index (χ0v) is 18.5. The average molecular weight is 419 g/mol. The number of amides is 1. The van der Waals surface area contributed by atoms with Gasteiger partial charge in [0.05, 0.1) is 23.7 Å². The number of esters is 1. The molecule has 0 fully saturated rings. The highest BCUT2D eigenvalue weighted by Gasteiger charge is 2.32. The van der Waals surface area contributed by atoms with Crippen LogP contribution in [0.4, 0.5) is 0 Å². The molecule has 29 heavy (non-hydrogen) atoms. The highest BCUT2D eigenvalue weighted by Crippen LogP contribution is 2.26. The molecule has 0 radical (unpaired) electrons. The van der Waals surface area contributed by atoms with Gasteiger partial charge in [-0.3, -0.25) is 9.59 Å². The number of halogens is 1. The Morgan fingerprint density at radius 2 is 1.83 bits per heavy atom. The summed E-state index contributed by atoms with van der Waals surface area (Å²) in [5, 5.41) is 0.346. The van der Waals surface area contributed by atoms with Gasteiger partial charge in [0.2, 0.25) is 0 Å². The van der Waals surface area contributed by atoms with Crippen LogP contribution in [0.15, 0.2) is 24.3 Å². The summed E-state index contributed by atoms with van der Waals surface area (Å²) >= 11 is 6.20. The molecular formula is C22H27ClN2O4. The first-order valence-corrected chi connectivity index (χ1v) is 9.88. The molecule has 1 heterocycles. The Labute approximate surface area is 176 Å². The number of rotatable bonds is 7. The molecule has 0 aliphatic heterocycles. The fourth-order valence-corrected chi connectivity index (χ4v) is 3.79. The summed E-state index contributed by atoms with van der Waals surface area (Å²) in [6.07, 6.45) is 0.688. The van der Waals surface area contributed by atoms with Gasteiger partial charge in [0, 0.05) is 24.8 Å². The second-order valence-corrected chi connectivity index (χ2v) is 7.41. The van der Waals surface area contributed by atoms with E-state index in [4.69, 9.17) is 16.3 Å². The van der Waals surface area contributed by atoms with E-state index in [0.29, 0.717) is 46.1 Å². The maximum Gasteiger partial charge on any atom is 0.354 e. The topological polar surface area (TPSA) is 68.6 Å². The third-order valence-corrected chi connectivity index (χ3v) is 5.56. The normalized spacial score (nSPS) is 11.8. The van der Waals surface area contributed by atoms with Gasteiger partial charge in [0.1, 0.15) is 5.69 Å². The predicted octanol–water partition coefficient (Wildman–Crippen LogP) is 4.21. The molecule has 0 N–H and O–H groups in total. The number of ketones is 1. The number of ether oxygens (including phenoxy) is 1. The van der Waals surface area contributed by atoms with Gasteiger partial charge in [-0.2, -0.15) is 0 Å². The zero-order valence-electron chi connectivity index (χ0n) is 17.7. The van der Waals surface area contributed by atoms with Crippen molar-refractivity contribution in [3.05, 3.63) is 57.4 Å². The molecule has 1 atom stereocenters. The fourth-order valence-electron chi connectivity index (χ4n) is 3.58. The Kier molecular flexibility index (Phi) is 7.25. The average Bonchev–Trinajstić information content (AvgIpc) is 2.93. The van der Waals surface area contributed by atoms with E-state index in [1.807, 2.05) is 6.92 Å². The summed E-state index contributed by atoms with van der Waals surface area (Å²) in [7, 11) is 3.02. The van der Waals surface area contributed by atoms with E-state index >= 15 is 0 Å². The minimum Gasteiger partial charge on any atom is -0.464 e. The number of carbonyl (C=O) groups excluding carboxylic acids is 3. The van der Waals surface area contributed by atoms with Crippen molar-refractivity contribution >= 4 is 29.3 Å². The molecule has 0 aliphatic rings. The molecule has 1 aromatic carbocycles. The molecule has 2 aromatic rings. The molecule has 0 spiro atoms. The van der Waals surface area contributed by atoms with E-state index in [1.165, 1.54) is 12.0 Å². The van der Waals surface area contributed by atoms with Crippen molar-refractivity contribution in [2.75, 3.05) is 13.7 Å². The van der Waals surface area contributed by atoms with Crippen molar-refractivity contribution in [2.45, 2.75) is 40.2 Å². The molecule has 156 valence electrons. The van der Waals surface area contributed by atoms with Gasteiger partial charge in [-0.15, -0.1) is 0 Å². The van der Waals surface area contributed by atoms with E-state index in [2.05, 4.69) is 0 Å². The molecule has 7 heteroatoms. The minimum absolute atomic E-state index is 0.223. The number of Topliss-reactive ketones (excluding diaryl/α,β-unsaturated/α-hetero) is 1. The van der Waals surface area contributed by atoms with Crippen LogP contribution in [0.5, 0.6) is 0 Å². The van der Waals surface area contributed by atoms with Crippen molar-refractivity contribution in [3.63, 3.8) is 0 Å². The molecule has 2 rings (SSSR count). The van der Waals surface area contributed by atoms with Gasteiger partial charge in [-0.05, 0) is 44.9 Å². The molecule has 0 saturated heterocycles. The van der Waals surface area contributed by atoms with Crippen LogP contribution in [0.25, 0.3) is 0 Å². The molecule has 0 bridgehead atoms. The first kappa shape index (κ1) is 22.7. The van der Waals surface area contributed by atoms with E-state index < -0.39 is 12.0 Å². The summed E-state index contributed by atoms with van der Waals surface area (Å²) in [6, 6.07) is 6.08. The zero-order chi connectivity index (χ0) is 21.9.